The molecule has 3 rings (SSSR count). The number of piperidine rings is 1. The number of rotatable bonds is 5. The minimum Gasteiger partial charge on any atom is -0.341 e. The van der Waals surface area contributed by atoms with Crippen LogP contribution in [0.4, 0.5) is 0 Å². The summed E-state index contributed by atoms with van der Waals surface area (Å²) in [6.45, 7) is 8.90. The monoisotopic (exact) mass is 370 g/mol. The molecule has 0 unspecified atom stereocenters. The summed E-state index contributed by atoms with van der Waals surface area (Å²) in [5, 5.41) is 9.59. The van der Waals surface area contributed by atoms with Crippen LogP contribution in [0, 0.1) is 16.7 Å². The Morgan fingerprint density at radius 3 is 2.41 bits per heavy atom. The van der Waals surface area contributed by atoms with Crippen molar-refractivity contribution in [1.82, 2.24) is 9.80 Å². The molecule has 6 heteroatoms. The highest BCUT2D eigenvalue weighted by molar-refractivity contribution is 6.09. The second-order valence-electron chi connectivity index (χ2n) is 8.23. The van der Waals surface area contributed by atoms with Gasteiger partial charge in [-0.1, -0.05) is 32.8 Å². The van der Waals surface area contributed by atoms with E-state index >= 15 is 0 Å². The van der Waals surface area contributed by atoms with E-state index < -0.39 is 11.0 Å². The Labute approximate surface area is 161 Å². The summed E-state index contributed by atoms with van der Waals surface area (Å²) < 4.78 is 0. The van der Waals surface area contributed by atoms with Crippen molar-refractivity contribution in [2.24, 2.45) is 10.4 Å². The summed E-state index contributed by atoms with van der Waals surface area (Å²) in [6, 6.07) is 2.29. The van der Waals surface area contributed by atoms with Crippen LogP contribution in [0.25, 0.3) is 0 Å². The lowest BCUT2D eigenvalue weighted by atomic mass is 9.83. The summed E-state index contributed by atoms with van der Waals surface area (Å²) in [7, 11) is 0. The number of nitrogens with zero attached hydrogens (tertiary/aromatic N) is 4. The van der Waals surface area contributed by atoms with Crippen LogP contribution in [-0.4, -0.2) is 46.1 Å². The highest BCUT2D eigenvalue weighted by atomic mass is 16.2. The molecule has 1 saturated heterocycles. The quantitative estimate of drug-likeness (QED) is 0.744. The molecule has 1 saturated carbocycles. The summed E-state index contributed by atoms with van der Waals surface area (Å²) in [5.41, 5.74) is -0.891. The summed E-state index contributed by atoms with van der Waals surface area (Å²) >= 11 is 0. The van der Waals surface area contributed by atoms with Crippen LogP contribution < -0.4 is 0 Å². The molecule has 0 aromatic carbocycles. The van der Waals surface area contributed by atoms with Gasteiger partial charge in [0.2, 0.25) is 5.91 Å². The molecule has 6 nitrogen and oxygen atoms in total. The number of amides is 2. The number of unbranched alkanes of at least 4 members (excludes halogenated alkanes) is 1. The van der Waals surface area contributed by atoms with Crippen molar-refractivity contribution in [3.63, 3.8) is 0 Å². The van der Waals surface area contributed by atoms with Gasteiger partial charge in [0.25, 0.3) is 5.91 Å². The number of aliphatic imine (C=N–C) groups is 1. The molecule has 0 atom stereocenters. The van der Waals surface area contributed by atoms with Crippen molar-refractivity contribution in [2.75, 3.05) is 13.1 Å². The number of hydrogen-bond donors (Lipinski definition) is 0. The van der Waals surface area contributed by atoms with E-state index in [1.165, 1.54) is 0 Å². The second-order valence-corrected chi connectivity index (χ2v) is 8.23. The molecule has 1 aliphatic carbocycles. The largest absolute Gasteiger partial charge is 0.341 e. The number of carbonyl (C=O) groups excluding carboxylic acids is 2. The molecule has 0 radical (unpaired) electrons. The van der Waals surface area contributed by atoms with Gasteiger partial charge in [0.15, 0.2) is 0 Å². The van der Waals surface area contributed by atoms with Gasteiger partial charge in [0.05, 0.1) is 6.07 Å². The maximum absolute atomic E-state index is 13.1. The maximum Gasteiger partial charge on any atom is 0.260 e. The zero-order chi connectivity index (χ0) is 19.7. The van der Waals surface area contributed by atoms with Crippen LogP contribution >= 0.6 is 0 Å². The van der Waals surface area contributed by atoms with Crippen LogP contribution in [0.1, 0.15) is 71.6 Å². The van der Waals surface area contributed by atoms with Gasteiger partial charge >= 0.3 is 0 Å². The predicted molar refractivity (Wildman–Crippen MR) is 104 cm³/mol. The maximum atomic E-state index is 13.1. The van der Waals surface area contributed by atoms with E-state index in [0.717, 1.165) is 37.9 Å². The average Bonchev–Trinajstić information content (AvgIpc) is 3.25. The van der Waals surface area contributed by atoms with E-state index in [1.54, 1.807) is 9.80 Å². The zero-order valence-electron chi connectivity index (χ0n) is 16.6. The highest BCUT2D eigenvalue weighted by Gasteiger charge is 2.52. The van der Waals surface area contributed by atoms with Crippen molar-refractivity contribution in [1.29, 1.82) is 5.26 Å². The van der Waals surface area contributed by atoms with E-state index in [9.17, 15) is 14.9 Å². The first-order chi connectivity index (χ1) is 12.9. The molecule has 2 fully saturated rings. The first kappa shape index (κ1) is 19.6. The summed E-state index contributed by atoms with van der Waals surface area (Å²) in [4.78, 5) is 34.4. The van der Waals surface area contributed by atoms with Crippen molar-refractivity contribution >= 4 is 17.6 Å². The smallest absolute Gasteiger partial charge is 0.260 e. The molecular weight excluding hydrogens is 340 g/mol. The third-order valence-electron chi connectivity index (χ3n) is 6.30. The Bertz CT molecular complexity index is 704. The van der Waals surface area contributed by atoms with Crippen molar-refractivity contribution in [3.8, 4) is 6.07 Å². The normalized spacial score (nSPS) is 23.4. The molecule has 0 bridgehead atoms. The molecule has 2 amide bonds. The SMILES string of the molecule is C=C(C)N1C(=O)C2(CCN(C(=O)C3(C#N)CCCC3)CC2)N=C1CCCC. The number of hydrogen-bond acceptors (Lipinski definition) is 4. The van der Waals surface area contributed by atoms with Gasteiger partial charge in [0, 0.05) is 25.2 Å². The van der Waals surface area contributed by atoms with Crippen LogP contribution in [-0.2, 0) is 9.59 Å². The third-order valence-corrected chi connectivity index (χ3v) is 6.30. The fraction of sp³-hybridized carbons (Fsp3) is 0.714. The highest BCUT2D eigenvalue weighted by Crippen LogP contribution is 2.41. The number of likely N-dealkylation sites (tertiary alicyclic amines) is 1. The minimum atomic E-state index is -0.844. The predicted octanol–water partition coefficient (Wildman–Crippen LogP) is 3.40. The van der Waals surface area contributed by atoms with E-state index in [2.05, 4.69) is 19.6 Å². The van der Waals surface area contributed by atoms with Gasteiger partial charge in [-0.3, -0.25) is 19.5 Å². The second kappa shape index (κ2) is 7.46. The van der Waals surface area contributed by atoms with Gasteiger partial charge in [0.1, 0.15) is 16.8 Å². The van der Waals surface area contributed by atoms with E-state index in [4.69, 9.17) is 4.99 Å². The lowest BCUT2D eigenvalue weighted by Crippen LogP contribution is -2.53. The Balaban J connectivity index is 1.74. The van der Waals surface area contributed by atoms with Gasteiger partial charge < -0.3 is 4.90 Å². The van der Waals surface area contributed by atoms with Gasteiger partial charge in [-0.2, -0.15) is 5.26 Å². The minimum absolute atomic E-state index is 0.00376. The third kappa shape index (κ3) is 3.28. The molecular formula is C21H30N4O2. The Morgan fingerprint density at radius 1 is 1.26 bits per heavy atom. The van der Waals surface area contributed by atoms with Crippen LogP contribution in [0.2, 0.25) is 0 Å². The van der Waals surface area contributed by atoms with Gasteiger partial charge in [-0.15, -0.1) is 0 Å². The lowest BCUT2D eigenvalue weighted by molar-refractivity contribution is -0.143. The number of allylic oxidation sites excluding steroid dienone is 1. The molecule has 2 aliphatic heterocycles. The molecule has 2 heterocycles. The van der Waals surface area contributed by atoms with Crippen molar-refractivity contribution in [3.05, 3.63) is 12.3 Å². The molecule has 27 heavy (non-hydrogen) atoms. The molecule has 1 spiro atoms. The first-order valence-corrected chi connectivity index (χ1v) is 10.2. The number of amidine groups is 1. The van der Waals surface area contributed by atoms with E-state index in [1.807, 2.05) is 6.92 Å². The van der Waals surface area contributed by atoms with Crippen molar-refractivity contribution < 1.29 is 9.59 Å². The lowest BCUT2D eigenvalue weighted by Gasteiger charge is -2.38. The standard InChI is InChI=1S/C21H30N4O2/c1-4-5-8-17-23-21(19(27)25(17)16(2)3)11-13-24(14-12-21)18(26)20(15-22)9-6-7-10-20/h2,4-14H2,1,3H3. The van der Waals surface area contributed by atoms with Crippen molar-refractivity contribution in [2.45, 2.75) is 77.2 Å². The zero-order valence-corrected chi connectivity index (χ0v) is 16.6. The fourth-order valence-corrected chi connectivity index (χ4v) is 4.63. The fourth-order valence-electron chi connectivity index (χ4n) is 4.63. The van der Waals surface area contributed by atoms with E-state index in [-0.39, 0.29) is 11.8 Å². The first-order valence-electron chi connectivity index (χ1n) is 10.2. The molecule has 146 valence electrons. The molecule has 0 N–H and O–H groups in total. The molecule has 3 aliphatic rings. The van der Waals surface area contributed by atoms with E-state index in [0.29, 0.717) is 44.5 Å². The number of carbonyl (C=O) groups is 2. The van der Waals surface area contributed by atoms with Crippen LogP contribution in [0.3, 0.4) is 0 Å². The topological polar surface area (TPSA) is 76.8 Å². The van der Waals surface area contributed by atoms with Gasteiger partial charge in [-0.05, 0) is 39.0 Å². The molecule has 0 aromatic rings. The summed E-state index contributed by atoms with van der Waals surface area (Å²) in [5.74, 6) is 0.775. The Morgan fingerprint density at radius 2 is 1.89 bits per heavy atom. The van der Waals surface area contributed by atoms with Crippen LogP contribution in [0.5, 0.6) is 0 Å². The van der Waals surface area contributed by atoms with Gasteiger partial charge in [-0.25, -0.2) is 0 Å². The van der Waals surface area contributed by atoms with Crippen LogP contribution in [0.15, 0.2) is 17.3 Å². The average molecular weight is 370 g/mol. The number of nitriles is 1. The molecule has 0 aromatic heterocycles. The Kier molecular flexibility index (Phi) is 5.41. The summed E-state index contributed by atoms with van der Waals surface area (Å²) in [6.07, 6.45) is 7.05. The Hall–Kier alpha value is -2.16.